The zero-order chi connectivity index (χ0) is 11.1. The van der Waals surface area contributed by atoms with E-state index in [0.29, 0.717) is 18.8 Å². The molecule has 0 radical (unpaired) electrons. The van der Waals surface area contributed by atoms with Crippen molar-refractivity contribution in [3.8, 4) is 0 Å². The summed E-state index contributed by atoms with van der Waals surface area (Å²) in [6.07, 6.45) is 0. The van der Waals surface area contributed by atoms with Crippen molar-refractivity contribution < 1.29 is 14.6 Å². The molecular weight excluding hydrogens is 196 g/mol. The lowest BCUT2D eigenvalue weighted by molar-refractivity contribution is 0.0593. The number of aliphatic hydroxyl groups is 1. The molecule has 0 aromatic carbocycles. The van der Waals surface area contributed by atoms with E-state index in [1.54, 1.807) is 18.2 Å². The maximum atomic E-state index is 11.2. The third-order valence-corrected chi connectivity index (χ3v) is 1.80. The highest BCUT2D eigenvalue weighted by Crippen LogP contribution is 2.00. The Bertz CT molecular complexity index is 328. The lowest BCUT2D eigenvalue weighted by atomic mass is 10.3. The van der Waals surface area contributed by atoms with Gasteiger partial charge in [0, 0.05) is 13.1 Å². The number of pyridine rings is 1. The largest absolute Gasteiger partial charge is 0.464 e. The number of nitrogens with zero attached hydrogens (tertiary/aromatic N) is 1. The summed E-state index contributed by atoms with van der Waals surface area (Å²) in [5.74, 6) is -0.445. The van der Waals surface area contributed by atoms with E-state index in [4.69, 9.17) is 5.11 Å². The SMILES string of the molecule is COC(=O)c1cccc(CNCCO)n1. The quantitative estimate of drug-likeness (QED) is 0.526. The number of rotatable bonds is 5. The number of aromatic nitrogens is 1. The molecule has 0 atom stereocenters. The van der Waals surface area contributed by atoms with E-state index in [9.17, 15) is 4.79 Å². The number of carbonyl (C=O) groups excluding carboxylic acids is 1. The zero-order valence-corrected chi connectivity index (χ0v) is 8.56. The molecule has 0 saturated carbocycles. The minimum absolute atomic E-state index is 0.0801. The van der Waals surface area contributed by atoms with Crippen molar-refractivity contribution in [2.24, 2.45) is 0 Å². The van der Waals surface area contributed by atoms with E-state index < -0.39 is 5.97 Å². The van der Waals surface area contributed by atoms with Crippen LogP contribution in [0.15, 0.2) is 18.2 Å². The van der Waals surface area contributed by atoms with Crippen LogP contribution in [0.2, 0.25) is 0 Å². The molecule has 82 valence electrons. The molecule has 1 rings (SSSR count). The number of esters is 1. The molecule has 0 aliphatic heterocycles. The number of nitrogens with one attached hydrogen (secondary N) is 1. The molecule has 1 heterocycles. The Labute approximate surface area is 88.1 Å². The molecule has 0 aliphatic carbocycles. The zero-order valence-electron chi connectivity index (χ0n) is 8.56. The fourth-order valence-corrected chi connectivity index (χ4v) is 1.09. The van der Waals surface area contributed by atoms with Crippen LogP contribution in [0.25, 0.3) is 0 Å². The lowest BCUT2D eigenvalue weighted by Gasteiger charge is -2.03. The molecule has 0 fully saturated rings. The van der Waals surface area contributed by atoms with Gasteiger partial charge in [-0.25, -0.2) is 9.78 Å². The predicted molar refractivity (Wildman–Crippen MR) is 54.4 cm³/mol. The third-order valence-electron chi connectivity index (χ3n) is 1.80. The molecule has 2 N–H and O–H groups in total. The highest BCUT2D eigenvalue weighted by Gasteiger charge is 2.06. The number of hydrogen-bond acceptors (Lipinski definition) is 5. The smallest absolute Gasteiger partial charge is 0.356 e. The van der Waals surface area contributed by atoms with E-state index in [1.807, 2.05) is 0 Å². The van der Waals surface area contributed by atoms with Crippen LogP contribution in [0.3, 0.4) is 0 Å². The standard InChI is InChI=1S/C10H14N2O3/c1-15-10(14)9-4-2-3-8(12-9)7-11-5-6-13/h2-4,11,13H,5-7H2,1H3. The molecule has 0 spiro atoms. The molecule has 0 unspecified atom stereocenters. The summed E-state index contributed by atoms with van der Waals surface area (Å²) >= 11 is 0. The van der Waals surface area contributed by atoms with Gasteiger partial charge in [0.05, 0.1) is 19.4 Å². The normalized spacial score (nSPS) is 10.0. The van der Waals surface area contributed by atoms with Crippen LogP contribution in [-0.4, -0.2) is 36.3 Å². The van der Waals surface area contributed by atoms with E-state index in [2.05, 4.69) is 15.0 Å². The van der Waals surface area contributed by atoms with Crippen molar-refractivity contribution in [2.45, 2.75) is 6.54 Å². The van der Waals surface area contributed by atoms with E-state index in [1.165, 1.54) is 7.11 Å². The second kappa shape index (κ2) is 6.10. The molecule has 15 heavy (non-hydrogen) atoms. The Morgan fingerprint density at radius 3 is 3.07 bits per heavy atom. The number of carbonyl (C=O) groups is 1. The second-order valence-electron chi connectivity index (χ2n) is 2.91. The van der Waals surface area contributed by atoms with Crippen molar-refractivity contribution in [1.29, 1.82) is 0 Å². The molecule has 0 bridgehead atoms. The molecule has 0 saturated heterocycles. The van der Waals surface area contributed by atoms with Gasteiger partial charge in [-0.2, -0.15) is 0 Å². The molecule has 5 heteroatoms. The van der Waals surface area contributed by atoms with Gasteiger partial charge >= 0.3 is 5.97 Å². The monoisotopic (exact) mass is 210 g/mol. The van der Waals surface area contributed by atoms with Crippen LogP contribution in [0.5, 0.6) is 0 Å². The Balaban J connectivity index is 2.62. The van der Waals surface area contributed by atoms with Crippen molar-refractivity contribution in [2.75, 3.05) is 20.3 Å². The van der Waals surface area contributed by atoms with Gasteiger partial charge in [0.1, 0.15) is 5.69 Å². The lowest BCUT2D eigenvalue weighted by Crippen LogP contribution is -2.18. The van der Waals surface area contributed by atoms with Gasteiger partial charge in [-0.3, -0.25) is 0 Å². The average molecular weight is 210 g/mol. The molecule has 0 amide bonds. The van der Waals surface area contributed by atoms with E-state index >= 15 is 0 Å². The summed E-state index contributed by atoms with van der Waals surface area (Å²) in [6.45, 7) is 1.10. The molecular formula is C10H14N2O3. The van der Waals surface area contributed by atoms with Crippen LogP contribution in [0, 0.1) is 0 Å². The van der Waals surface area contributed by atoms with Crippen molar-refractivity contribution >= 4 is 5.97 Å². The van der Waals surface area contributed by atoms with Crippen molar-refractivity contribution in [3.63, 3.8) is 0 Å². The predicted octanol–water partition coefficient (Wildman–Crippen LogP) is -0.0499. The van der Waals surface area contributed by atoms with Gasteiger partial charge in [-0.05, 0) is 12.1 Å². The summed E-state index contributed by atoms with van der Waals surface area (Å²) in [4.78, 5) is 15.2. The number of ether oxygens (including phenoxy) is 1. The Kier molecular flexibility index (Phi) is 4.73. The summed E-state index contributed by atoms with van der Waals surface area (Å²) < 4.78 is 4.56. The molecule has 1 aromatic heterocycles. The van der Waals surface area contributed by atoms with Gasteiger partial charge in [0.2, 0.25) is 0 Å². The van der Waals surface area contributed by atoms with Crippen LogP contribution < -0.4 is 5.32 Å². The average Bonchev–Trinajstić information content (AvgIpc) is 2.29. The van der Waals surface area contributed by atoms with Gasteiger partial charge in [-0.15, -0.1) is 0 Å². The molecule has 5 nitrogen and oxygen atoms in total. The second-order valence-corrected chi connectivity index (χ2v) is 2.91. The highest BCUT2D eigenvalue weighted by atomic mass is 16.5. The van der Waals surface area contributed by atoms with E-state index in [-0.39, 0.29) is 6.61 Å². The minimum atomic E-state index is -0.445. The summed E-state index contributed by atoms with van der Waals surface area (Å²) in [5.41, 5.74) is 1.03. The number of hydrogen-bond donors (Lipinski definition) is 2. The first-order valence-corrected chi connectivity index (χ1v) is 4.63. The van der Waals surface area contributed by atoms with Crippen molar-refractivity contribution in [3.05, 3.63) is 29.6 Å². The number of methoxy groups -OCH3 is 1. The van der Waals surface area contributed by atoms with Crippen LogP contribution in [0.4, 0.5) is 0 Å². The summed E-state index contributed by atoms with van der Waals surface area (Å²) in [7, 11) is 1.32. The third kappa shape index (κ3) is 3.65. The van der Waals surface area contributed by atoms with Gasteiger partial charge < -0.3 is 15.2 Å². The maximum absolute atomic E-state index is 11.2. The number of aliphatic hydroxyl groups excluding tert-OH is 1. The summed E-state index contributed by atoms with van der Waals surface area (Å²) in [6, 6.07) is 5.15. The minimum Gasteiger partial charge on any atom is -0.464 e. The van der Waals surface area contributed by atoms with Crippen molar-refractivity contribution in [1.82, 2.24) is 10.3 Å². The fraction of sp³-hybridized carbons (Fsp3) is 0.400. The molecule has 0 aliphatic rings. The fourth-order valence-electron chi connectivity index (χ4n) is 1.09. The van der Waals surface area contributed by atoms with Crippen LogP contribution >= 0.6 is 0 Å². The van der Waals surface area contributed by atoms with Crippen LogP contribution in [-0.2, 0) is 11.3 Å². The maximum Gasteiger partial charge on any atom is 0.356 e. The topological polar surface area (TPSA) is 71.5 Å². The van der Waals surface area contributed by atoms with E-state index in [0.717, 1.165) is 5.69 Å². The van der Waals surface area contributed by atoms with Gasteiger partial charge in [-0.1, -0.05) is 6.07 Å². The van der Waals surface area contributed by atoms with Gasteiger partial charge in [0.25, 0.3) is 0 Å². The Morgan fingerprint density at radius 1 is 1.60 bits per heavy atom. The van der Waals surface area contributed by atoms with Crippen LogP contribution in [0.1, 0.15) is 16.2 Å². The highest BCUT2D eigenvalue weighted by molar-refractivity contribution is 5.87. The first-order valence-electron chi connectivity index (χ1n) is 4.63. The first kappa shape index (κ1) is 11.6. The Hall–Kier alpha value is -1.46. The Morgan fingerprint density at radius 2 is 2.40 bits per heavy atom. The first-order chi connectivity index (χ1) is 7.27. The van der Waals surface area contributed by atoms with Gasteiger partial charge in [0.15, 0.2) is 0 Å². The summed E-state index contributed by atoms with van der Waals surface area (Å²) in [5, 5.41) is 11.5. The molecule has 1 aromatic rings.